The molecule has 4 amide bonds. The number of hydrogen-bond donors (Lipinski definition) is 4. The fraction of sp³-hybridized carbons (Fsp3) is 0. The average Bonchev–Trinajstić information content (AvgIpc) is 1.79. The largest absolute Gasteiger partial charge is 0.350 e. The van der Waals surface area contributed by atoms with Crippen molar-refractivity contribution in [2.45, 2.75) is 0 Å². The van der Waals surface area contributed by atoms with Gasteiger partial charge < -0.3 is 11.5 Å². The lowest BCUT2D eigenvalue weighted by atomic mass is 11.2. The third-order valence-corrected chi connectivity index (χ3v) is 0.326. The lowest BCUT2D eigenvalue weighted by Crippen LogP contribution is -2.35. The number of hydroxylamine groups is 2. The van der Waals surface area contributed by atoms with Crippen LogP contribution in [0.25, 0.3) is 0 Å². The first-order valence-electron chi connectivity index (χ1n) is 2.06. The molecule has 0 unspecified atom stereocenters. The Bertz CT molecular complexity index is 131. The van der Waals surface area contributed by atoms with Crippen LogP contribution in [0.4, 0.5) is 9.59 Å². The molecule has 90 valence electrons. The van der Waals surface area contributed by atoms with E-state index in [1.807, 2.05) is 0 Å². The lowest BCUT2D eigenvalue weighted by molar-refractivity contribution is -0.351. The molecule has 8 nitrogen and oxygen atoms in total. The summed E-state index contributed by atoms with van der Waals surface area (Å²) in [4.78, 5) is 27.2. The van der Waals surface area contributed by atoms with E-state index in [0.29, 0.717) is 0 Å². The van der Waals surface area contributed by atoms with E-state index in [9.17, 15) is 9.59 Å². The average molecular weight is 296 g/mol. The number of urea groups is 2. The van der Waals surface area contributed by atoms with Gasteiger partial charge in [0.05, 0.1) is 0 Å². The molecule has 0 aliphatic carbocycles. The quantitative estimate of drug-likeness (QED) is 0.326. The molecule has 0 rings (SSSR count). The number of rotatable bonds is 3. The van der Waals surface area contributed by atoms with Crippen LogP contribution in [0.15, 0.2) is 0 Å². The second kappa shape index (κ2) is 18.4. The second-order valence-corrected chi connectivity index (χ2v) is 1.10. The first kappa shape index (κ1) is 29.2. The maximum atomic E-state index is 9.81. The van der Waals surface area contributed by atoms with Crippen molar-refractivity contribution in [1.82, 2.24) is 11.0 Å². The van der Waals surface area contributed by atoms with Crippen molar-refractivity contribution in [1.29, 1.82) is 0 Å². The first-order chi connectivity index (χ1) is 4.63. The standard InChI is InChI=1S/C2H6N4O4.4ClH/c3-1(7)5-9-10-6-2(4)8;;;;/h(H3,3,5,7)(H3,4,6,8);4*1H. The minimum absolute atomic E-state index is 0. The normalized spacial score (nSPS) is 6.00. The van der Waals surface area contributed by atoms with Crippen LogP contribution in [0.5, 0.6) is 0 Å². The fourth-order valence-corrected chi connectivity index (χ4v) is 0.124. The summed E-state index contributed by atoms with van der Waals surface area (Å²) in [5.74, 6) is 0. The molecule has 0 bridgehead atoms. The van der Waals surface area contributed by atoms with Gasteiger partial charge in [-0.25, -0.2) is 9.59 Å². The minimum atomic E-state index is -0.966. The van der Waals surface area contributed by atoms with Crippen LogP contribution in [-0.2, 0) is 9.98 Å². The number of primary amides is 2. The molecule has 0 atom stereocenters. The van der Waals surface area contributed by atoms with Crippen LogP contribution >= 0.6 is 49.6 Å². The zero-order valence-corrected chi connectivity index (χ0v) is 9.69. The van der Waals surface area contributed by atoms with Crippen molar-refractivity contribution >= 4 is 61.7 Å². The first-order valence-corrected chi connectivity index (χ1v) is 2.06. The van der Waals surface area contributed by atoms with Gasteiger partial charge in [-0.05, 0) is 0 Å². The van der Waals surface area contributed by atoms with Crippen molar-refractivity contribution in [3.63, 3.8) is 0 Å². The summed E-state index contributed by atoms with van der Waals surface area (Å²) >= 11 is 0. The number of nitrogens with one attached hydrogen (secondary N) is 2. The molecule has 14 heavy (non-hydrogen) atoms. The number of hydrogen-bond acceptors (Lipinski definition) is 4. The van der Waals surface area contributed by atoms with E-state index in [-0.39, 0.29) is 49.6 Å². The van der Waals surface area contributed by atoms with E-state index < -0.39 is 12.1 Å². The Morgan fingerprint density at radius 1 is 0.786 bits per heavy atom. The van der Waals surface area contributed by atoms with E-state index in [4.69, 9.17) is 0 Å². The maximum Gasteiger partial charge on any atom is 0.338 e. The highest BCUT2D eigenvalue weighted by atomic mass is 35.5. The van der Waals surface area contributed by atoms with Gasteiger partial charge >= 0.3 is 12.1 Å². The van der Waals surface area contributed by atoms with Crippen molar-refractivity contribution in [2.75, 3.05) is 0 Å². The van der Waals surface area contributed by atoms with Gasteiger partial charge in [0.15, 0.2) is 0 Å². The molecule has 0 saturated carbocycles. The molecule has 6 N–H and O–H groups in total. The van der Waals surface area contributed by atoms with Crippen molar-refractivity contribution < 1.29 is 19.6 Å². The van der Waals surface area contributed by atoms with Gasteiger partial charge in [0, 0.05) is 0 Å². The van der Waals surface area contributed by atoms with E-state index in [1.165, 1.54) is 0 Å². The highest BCUT2D eigenvalue weighted by Crippen LogP contribution is 1.64. The molecule has 12 heteroatoms. The molecule has 0 saturated heterocycles. The van der Waals surface area contributed by atoms with Crippen LogP contribution in [0.2, 0.25) is 0 Å². The van der Waals surface area contributed by atoms with Crippen molar-refractivity contribution in [2.24, 2.45) is 11.5 Å². The van der Waals surface area contributed by atoms with Crippen LogP contribution in [0.1, 0.15) is 0 Å². The zero-order valence-electron chi connectivity index (χ0n) is 6.42. The Morgan fingerprint density at radius 2 is 1.00 bits per heavy atom. The molecule has 0 spiro atoms. The molecule has 0 aromatic carbocycles. The van der Waals surface area contributed by atoms with Crippen LogP contribution in [-0.4, -0.2) is 12.1 Å². The molecule has 0 heterocycles. The molecule has 0 radical (unpaired) electrons. The number of halogens is 4. The second-order valence-electron chi connectivity index (χ2n) is 1.10. The van der Waals surface area contributed by atoms with E-state index in [0.717, 1.165) is 0 Å². The lowest BCUT2D eigenvalue weighted by Gasteiger charge is -1.99. The summed E-state index contributed by atoms with van der Waals surface area (Å²) in [7, 11) is 0. The van der Waals surface area contributed by atoms with Gasteiger partial charge in [0.1, 0.15) is 0 Å². The van der Waals surface area contributed by atoms with Gasteiger partial charge in [-0.1, -0.05) is 9.98 Å². The topological polar surface area (TPSA) is 129 Å². The van der Waals surface area contributed by atoms with Gasteiger partial charge in [-0.2, -0.15) is 11.0 Å². The molecule has 0 aromatic rings. The fourth-order valence-electron chi connectivity index (χ4n) is 0.124. The van der Waals surface area contributed by atoms with Gasteiger partial charge in [0.2, 0.25) is 0 Å². The maximum absolute atomic E-state index is 9.81. The Balaban J connectivity index is -0.0000000675. The van der Waals surface area contributed by atoms with E-state index in [2.05, 4.69) is 21.4 Å². The number of carbonyl (C=O) groups is 2. The third-order valence-electron chi connectivity index (χ3n) is 0.326. The zero-order chi connectivity index (χ0) is 7.98. The number of amides is 4. The van der Waals surface area contributed by atoms with Crippen molar-refractivity contribution in [3.8, 4) is 0 Å². The Hall–Kier alpha value is -0.380. The molecular formula is C2H10Cl4N4O4. The van der Waals surface area contributed by atoms with Crippen LogP contribution in [0, 0.1) is 0 Å². The smallest absolute Gasteiger partial charge is 0.338 e. The Morgan fingerprint density at radius 3 is 1.14 bits per heavy atom. The van der Waals surface area contributed by atoms with Crippen LogP contribution in [0.3, 0.4) is 0 Å². The van der Waals surface area contributed by atoms with E-state index >= 15 is 0 Å². The van der Waals surface area contributed by atoms with Crippen molar-refractivity contribution in [3.05, 3.63) is 0 Å². The summed E-state index contributed by atoms with van der Waals surface area (Å²) in [6.07, 6.45) is 0. The number of nitrogens with two attached hydrogens (primary N) is 2. The molecular weight excluding hydrogens is 286 g/mol. The highest BCUT2D eigenvalue weighted by molar-refractivity contribution is 5.86. The molecule has 0 fully saturated rings. The summed E-state index contributed by atoms with van der Waals surface area (Å²) < 4.78 is 0. The molecule has 0 aromatic heterocycles. The minimum Gasteiger partial charge on any atom is -0.350 e. The predicted molar refractivity (Wildman–Crippen MR) is 56.6 cm³/mol. The summed E-state index contributed by atoms with van der Waals surface area (Å²) in [6.45, 7) is 0. The SMILES string of the molecule is Cl.Cl.Cl.Cl.NC(=O)NOONC(N)=O. The van der Waals surface area contributed by atoms with E-state index in [1.54, 1.807) is 11.0 Å². The third kappa shape index (κ3) is 29.9. The molecule has 0 aliphatic rings. The van der Waals surface area contributed by atoms with Gasteiger partial charge in [0.25, 0.3) is 0 Å². The monoisotopic (exact) mass is 294 g/mol. The van der Waals surface area contributed by atoms with Crippen LogP contribution < -0.4 is 22.4 Å². The molecule has 0 aliphatic heterocycles. The predicted octanol–water partition coefficient (Wildman–Crippen LogP) is -0.212. The Kier molecular flexibility index (Phi) is 38.4. The van der Waals surface area contributed by atoms with Gasteiger partial charge in [-0.15, -0.1) is 49.6 Å². The van der Waals surface area contributed by atoms with Gasteiger partial charge in [-0.3, -0.25) is 0 Å². The summed E-state index contributed by atoms with van der Waals surface area (Å²) in [5.41, 5.74) is 12.1. The number of carbonyl (C=O) groups excluding carboxylic acids is 2. The Labute approximate surface area is 104 Å². The summed E-state index contributed by atoms with van der Waals surface area (Å²) in [5, 5.41) is 0. The highest BCUT2D eigenvalue weighted by Gasteiger charge is 1.92. The summed E-state index contributed by atoms with van der Waals surface area (Å²) in [6, 6.07) is -1.93.